The number of nitrogens with zero attached hydrogens (tertiary/aromatic N) is 7. The zero-order valence-corrected chi connectivity index (χ0v) is 17.4. The van der Waals surface area contributed by atoms with E-state index in [4.69, 9.17) is 4.98 Å². The number of piperidine rings is 1. The van der Waals surface area contributed by atoms with Crippen molar-refractivity contribution in [2.24, 2.45) is 13.0 Å². The highest BCUT2D eigenvalue weighted by molar-refractivity contribution is 5.95. The first-order chi connectivity index (χ1) is 13.4. The molecule has 0 bridgehead atoms. The zero-order chi connectivity index (χ0) is 19.8. The minimum absolute atomic E-state index is 0.0712. The van der Waals surface area contributed by atoms with Crippen LogP contribution >= 0.6 is 0 Å². The average Bonchev–Trinajstić information content (AvgIpc) is 3.08. The molecule has 152 valence electrons. The van der Waals surface area contributed by atoms with Crippen LogP contribution < -0.4 is 4.90 Å². The van der Waals surface area contributed by atoms with Crippen LogP contribution in [0, 0.1) is 5.92 Å². The lowest BCUT2D eigenvalue weighted by Crippen LogP contribution is -2.51. The molecule has 28 heavy (non-hydrogen) atoms. The molecule has 2 aromatic rings. The molecule has 0 unspecified atom stereocenters. The lowest BCUT2D eigenvalue weighted by atomic mass is 9.99. The number of carbonyl (C=O) groups is 1. The summed E-state index contributed by atoms with van der Waals surface area (Å²) < 4.78 is 1.74. The molecule has 0 spiro atoms. The molecule has 0 radical (unpaired) electrons. The average molecular weight is 386 g/mol. The summed E-state index contributed by atoms with van der Waals surface area (Å²) in [4.78, 5) is 29.1. The van der Waals surface area contributed by atoms with Gasteiger partial charge >= 0.3 is 0 Å². The topological polar surface area (TPSA) is 70.4 Å². The van der Waals surface area contributed by atoms with Gasteiger partial charge in [0.1, 0.15) is 5.82 Å². The fraction of sp³-hybridized carbons (Fsp3) is 0.700. The summed E-state index contributed by atoms with van der Waals surface area (Å²) in [5, 5.41) is 5.29. The lowest BCUT2D eigenvalue weighted by molar-refractivity contribution is 0.0584. The number of hydrogen-bond donors (Lipinski definition) is 0. The van der Waals surface area contributed by atoms with Crippen LogP contribution in [0.1, 0.15) is 44.2 Å². The summed E-state index contributed by atoms with van der Waals surface area (Å²) in [6.07, 6.45) is 4.11. The van der Waals surface area contributed by atoms with E-state index < -0.39 is 0 Å². The van der Waals surface area contributed by atoms with Gasteiger partial charge in [-0.1, -0.05) is 6.92 Å². The quantitative estimate of drug-likeness (QED) is 0.802. The second kappa shape index (κ2) is 7.66. The standard InChI is InChI=1S/C20H31N7O/c1-14(2)25-9-11-27(12-10-25)20(28)17-22-18-16(13-21-24(18)4)19(23-17)26-7-5-15(3)6-8-26/h13-15H,5-12H2,1-4H3. The molecule has 2 fully saturated rings. The molecule has 0 aliphatic carbocycles. The molecule has 0 aromatic carbocycles. The molecule has 8 nitrogen and oxygen atoms in total. The van der Waals surface area contributed by atoms with Crippen LogP contribution in [0.5, 0.6) is 0 Å². The Morgan fingerprint density at radius 1 is 1.07 bits per heavy atom. The normalized spacial score (nSPS) is 19.8. The Labute approximate surface area is 166 Å². The van der Waals surface area contributed by atoms with Gasteiger partial charge in [0.05, 0.1) is 11.6 Å². The number of carbonyl (C=O) groups excluding carboxylic acids is 1. The van der Waals surface area contributed by atoms with Crippen LogP contribution in [-0.4, -0.2) is 80.8 Å². The largest absolute Gasteiger partial charge is 0.356 e. The van der Waals surface area contributed by atoms with Gasteiger partial charge in [-0.05, 0) is 32.6 Å². The highest BCUT2D eigenvalue weighted by Crippen LogP contribution is 2.28. The smallest absolute Gasteiger partial charge is 0.291 e. The molecule has 1 amide bonds. The Balaban J connectivity index is 1.62. The summed E-state index contributed by atoms with van der Waals surface area (Å²) >= 11 is 0. The Kier molecular flexibility index (Phi) is 5.23. The van der Waals surface area contributed by atoms with E-state index in [9.17, 15) is 4.79 Å². The Hall–Kier alpha value is -2.22. The number of amides is 1. The summed E-state index contributed by atoms with van der Waals surface area (Å²) in [7, 11) is 1.87. The summed E-state index contributed by atoms with van der Waals surface area (Å²) in [5.74, 6) is 1.82. The van der Waals surface area contributed by atoms with Crippen molar-refractivity contribution in [2.45, 2.75) is 39.7 Å². The van der Waals surface area contributed by atoms with Gasteiger partial charge < -0.3 is 9.80 Å². The van der Waals surface area contributed by atoms with Gasteiger partial charge in [0.25, 0.3) is 5.91 Å². The van der Waals surface area contributed by atoms with Gasteiger partial charge in [-0.3, -0.25) is 14.4 Å². The predicted octanol–water partition coefficient (Wildman–Crippen LogP) is 1.77. The molecule has 4 heterocycles. The van der Waals surface area contributed by atoms with Crippen molar-refractivity contribution in [3.05, 3.63) is 12.0 Å². The van der Waals surface area contributed by atoms with Crippen molar-refractivity contribution >= 4 is 22.8 Å². The number of hydrogen-bond acceptors (Lipinski definition) is 6. The van der Waals surface area contributed by atoms with Crippen LogP contribution in [0.15, 0.2) is 6.20 Å². The number of aromatic nitrogens is 4. The molecule has 2 aromatic heterocycles. The maximum atomic E-state index is 13.2. The molecule has 2 aliphatic heterocycles. The summed E-state index contributed by atoms with van der Waals surface area (Å²) in [5.41, 5.74) is 0.729. The van der Waals surface area contributed by atoms with Crippen LogP contribution in [0.2, 0.25) is 0 Å². The predicted molar refractivity (Wildman–Crippen MR) is 110 cm³/mol. The van der Waals surface area contributed by atoms with Gasteiger partial charge in [-0.25, -0.2) is 9.97 Å². The first-order valence-electron chi connectivity index (χ1n) is 10.4. The molecule has 2 aliphatic rings. The van der Waals surface area contributed by atoms with Crippen molar-refractivity contribution in [1.82, 2.24) is 29.5 Å². The third kappa shape index (κ3) is 3.57. The lowest BCUT2D eigenvalue weighted by Gasteiger charge is -2.36. The van der Waals surface area contributed by atoms with E-state index in [0.29, 0.717) is 11.9 Å². The molecular formula is C20H31N7O. The van der Waals surface area contributed by atoms with E-state index in [2.05, 4.69) is 40.7 Å². The SMILES string of the molecule is CC1CCN(c2nc(C(=O)N3CCN(C(C)C)CC3)nc3c2cnn3C)CC1. The second-order valence-corrected chi connectivity index (χ2v) is 8.47. The van der Waals surface area contributed by atoms with Crippen molar-refractivity contribution in [3.63, 3.8) is 0 Å². The molecule has 0 N–H and O–H groups in total. The van der Waals surface area contributed by atoms with Crippen LogP contribution in [0.4, 0.5) is 5.82 Å². The maximum absolute atomic E-state index is 13.2. The van der Waals surface area contributed by atoms with E-state index in [-0.39, 0.29) is 5.91 Å². The van der Waals surface area contributed by atoms with Gasteiger partial charge in [0, 0.05) is 52.4 Å². The minimum Gasteiger partial charge on any atom is -0.356 e. The van der Waals surface area contributed by atoms with Crippen molar-refractivity contribution in [2.75, 3.05) is 44.2 Å². The van der Waals surface area contributed by atoms with Gasteiger partial charge in [0.2, 0.25) is 5.82 Å². The van der Waals surface area contributed by atoms with E-state index in [1.165, 1.54) is 0 Å². The van der Waals surface area contributed by atoms with Crippen LogP contribution in [-0.2, 0) is 7.05 Å². The maximum Gasteiger partial charge on any atom is 0.291 e. The minimum atomic E-state index is -0.0712. The summed E-state index contributed by atoms with van der Waals surface area (Å²) in [6, 6.07) is 0.507. The molecule has 8 heteroatoms. The number of anilines is 1. The van der Waals surface area contributed by atoms with Crippen molar-refractivity contribution in [1.29, 1.82) is 0 Å². The van der Waals surface area contributed by atoms with Crippen molar-refractivity contribution in [3.8, 4) is 0 Å². The number of aryl methyl sites for hydroxylation is 1. The van der Waals surface area contributed by atoms with E-state index in [0.717, 1.165) is 74.9 Å². The number of piperazine rings is 1. The molecule has 0 atom stereocenters. The Bertz CT molecular complexity index is 846. The highest BCUT2D eigenvalue weighted by atomic mass is 16.2. The number of rotatable bonds is 3. The molecule has 0 saturated carbocycles. The van der Waals surface area contributed by atoms with Crippen LogP contribution in [0.25, 0.3) is 11.0 Å². The first kappa shape index (κ1) is 19.1. The second-order valence-electron chi connectivity index (χ2n) is 8.47. The fourth-order valence-corrected chi connectivity index (χ4v) is 4.15. The van der Waals surface area contributed by atoms with Gasteiger partial charge in [-0.2, -0.15) is 5.10 Å². The van der Waals surface area contributed by atoms with E-state index in [1.807, 2.05) is 18.1 Å². The Morgan fingerprint density at radius 2 is 1.75 bits per heavy atom. The third-order valence-electron chi connectivity index (χ3n) is 6.18. The van der Waals surface area contributed by atoms with E-state index in [1.54, 1.807) is 4.68 Å². The molecule has 4 rings (SSSR count). The van der Waals surface area contributed by atoms with Crippen LogP contribution in [0.3, 0.4) is 0 Å². The van der Waals surface area contributed by atoms with Gasteiger partial charge in [-0.15, -0.1) is 0 Å². The Morgan fingerprint density at radius 3 is 2.39 bits per heavy atom. The van der Waals surface area contributed by atoms with E-state index >= 15 is 0 Å². The monoisotopic (exact) mass is 385 g/mol. The highest BCUT2D eigenvalue weighted by Gasteiger charge is 2.28. The third-order valence-corrected chi connectivity index (χ3v) is 6.18. The molecular weight excluding hydrogens is 354 g/mol. The molecule has 2 saturated heterocycles. The number of fused-ring (bicyclic) bond motifs is 1. The fourth-order valence-electron chi connectivity index (χ4n) is 4.15. The first-order valence-corrected chi connectivity index (χ1v) is 10.4. The van der Waals surface area contributed by atoms with Gasteiger partial charge in [0.15, 0.2) is 5.65 Å². The van der Waals surface area contributed by atoms with Crippen molar-refractivity contribution < 1.29 is 4.79 Å². The summed E-state index contributed by atoms with van der Waals surface area (Å²) in [6.45, 7) is 11.9. The zero-order valence-electron chi connectivity index (χ0n) is 17.4.